The molecule has 0 saturated heterocycles. The van der Waals surface area contributed by atoms with Gasteiger partial charge in [0.25, 0.3) is 5.88 Å². The van der Waals surface area contributed by atoms with Crippen molar-refractivity contribution in [3.8, 4) is 11.6 Å². The van der Waals surface area contributed by atoms with Crippen molar-refractivity contribution in [1.29, 1.82) is 5.39 Å². The van der Waals surface area contributed by atoms with Crippen LogP contribution in [-0.4, -0.2) is 35.8 Å². The van der Waals surface area contributed by atoms with Gasteiger partial charge in [0, 0.05) is 11.9 Å². The number of ether oxygens (including phenoxy) is 2. The number of hydrogen-bond donors (Lipinski definition) is 1. The first kappa shape index (κ1) is 15.1. The summed E-state index contributed by atoms with van der Waals surface area (Å²) in [6.07, 6.45) is 1.27. The molecule has 1 N–H and O–H groups in total. The summed E-state index contributed by atoms with van der Waals surface area (Å²) in [6, 6.07) is 6.06. The van der Waals surface area contributed by atoms with Gasteiger partial charge in [-0.1, -0.05) is 0 Å². The molecule has 2 rings (SSSR count). The molecule has 8 heteroatoms. The Hall–Kier alpha value is -3.34. The first-order valence-electron chi connectivity index (χ1n) is 6.10. The highest BCUT2D eigenvalue weighted by Crippen LogP contribution is 2.35. The quantitative estimate of drug-likeness (QED) is 0.688. The van der Waals surface area contributed by atoms with Gasteiger partial charge in [0.15, 0.2) is 10.5 Å². The van der Waals surface area contributed by atoms with Crippen LogP contribution in [-0.2, 0) is 9.47 Å². The molecule has 0 bridgehead atoms. The highest BCUT2D eigenvalue weighted by Gasteiger charge is 2.32. The lowest BCUT2D eigenvalue weighted by Gasteiger charge is -2.04. The van der Waals surface area contributed by atoms with Crippen molar-refractivity contribution >= 4 is 17.6 Å². The standard InChI is InChI=1S/C14H11N3O5/c1-21-13(19)8-3-5-9(6-4-8)17-7-10(14(20)22-2)11(16-15)12(17)18/h3-7H,1-2H3/p+1. The normalized spacial score (nSPS) is 9.86. The summed E-state index contributed by atoms with van der Waals surface area (Å²) in [6.45, 7) is 0. The maximum atomic E-state index is 11.6. The second kappa shape index (κ2) is 5.97. The van der Waals surface area contributed by atoms with Gasteiger partial charge in [-0.2, -0.15) is 0 Å². The number of rotatable bonds is 3. The minimum atomic E-state index is -0.756. The van der Waals surface area contributed by atoms with E-state index >= 15 is 0 Å². The molecule has 0 saturated carbocycles. The smallest absolute Gasteiger partial charge is 0.460 e. The van der Waals surface area contributed by atoms with Crippen LogP contribution in [0.25, 0.3) is 10.7 Å². The van der Waals surface area contributed by atoms with Crippen LogP contribution in [0.5, 0.6) is 5.88 Å². The van der Waals surface area contributed by atoms with E-state index in [1.807, 2.05) is 0 Å². The van der Waals surface area contributed by atoms with Crippen LogP contribution in [0.2, 0.25) is 0 Å². The fourth-order valence-electron chi connectivity index (χ4n) is 1.92. The molecule has 0 amide bonds. The van der Waals surface area contributed by atoms with Crippen LogP contribution in [0.15, 0.2) is 30.5 Å². The van der Waals surface area contributed by atoms with E-state index in [-0.39, 0.29) is 11.3 Å². The number of aromatic hydroxyl groups is 1. The van der Waals surface area contributed by atoms with Crippen molar-refractivity contribution in [1.82, 2.24) is 4.57 Å². The molecule has 1 aromatic heterocycles. The SMILES string of the molecule is COC(=O)c1ccc(-n2cc(C(=O)OC)c([N+]#N)c2O)cc1. The molecular formula is C14H12N3O5+. The van der Waals surface area contributed by atoms with Gasteiger partial charge in [-0.15, -0.1) is 0 Å². The molecule has 0 fully saturated rings. The van der Waals surface area contributed by atoms with Crippen molar-refractivity contribution < 1.29 is 24.2 Å². The van der Waals surface area contributed by atoms with Crippen LogP contribution >= 0.6 is 0 Å². The number of esters is 2. The van der Waals surface area contributed by atoms with Gasteiger partial charge in [-0.25, -0.2) is 9.59 Å². The van der Waals surface area contributed by atoms with Crippen LogP contribution < -0.4 is 0 Å². The fraction of sp³-hybridized carbons (Fsp3) is 0.143. The molecule has 2 aromatic rings. The molecule has 1 aromatic carbocycles. The van der Waals surface area contributed by atoms with E-state index in [2.05, 4.69) is 14.4 Å². The van der Waals surface area contributed by atoms with Crippen molar-refractivity contribution in [3.05, 3.63) is 46.6 Å². The second-order valence-corrected chi connectivity index (χ2v) is 4.22. The first-order chi connectivity index (χ1) is 10.5. The van der Waals surface area contributed by atoms with Crippen LogP contribution in [0.4, 0.5) is 5.69 Å². The third-order valence-corrected chi connectivity index (χ3v) is 3.03. The molecule has 8 nitrogen and oxygen atoms in total. The minimum absolute atomic E-state index is 0.0976. The van der Waals surface area contributed by atoms with Crippen LogP contribution in [0, 0.1) is 5.39 Å². The summed E-state index contributed by atoms with van der Waals surface area (Å²) >= 11 is 0. The molecular weight excluding hydrogens is 290 g/mol. The average Bonchev–Trinajstić information content (AvgIpc) is 2.90. The fourth-order valence-corrected chi connectivity index (χ4v) is 1.92. The van der Waals surface area contributed by atoms with Gasteiger partial charge in [-0.3, -0.25) is 4.57 Å². The molecule has 1 heterocycles. The summed E-state index contributed by atoms with van der Waals surface area (Å²) in [7, 11) is 2.44. The number of diazo groups is 1. The summed E-state index contributed by atoms with van der Waals surface area (Å²) in [5, 5.41) is 19.0. The number of hydrogen-bond acceptors (Lipinski definition) is 6. The molecule has 0 radical (unpaired) electrons. The number of nitrogens with zero attached hydrogens (tertiary/aromatic N) is 3. The third-order valence-electron chi connectivity index (χ3n) is 3.03. The molecule has 0 atom stereocenters. The number of benzene rings is 1. The van der Waals surface area contributed by atoms with E-state index in [1.165, 1.54) is 49.2 Å². The number of carbonyl (C=O) groups is 2. The Morgan fingerprint density at radius 1 is 1.14 bits per heavy atom. The maximum Gasteiger partial charge on any atom is 0.460 e. The van der Waals surface area contributed by atoms with Gasteiger partial charge in [-0.05, 0) is 24.3 Å². The van der Waals surface area contributed by atoms with Gasteiger partial charge in [0.05, 0.1) is 19.8 Å². The topological polar surface area (TPSA) is 106 Å². The average molecular weight is 302 g/mol. The lowest BCUT2D eigenvalue weighted by atomic mass is 10.2. The minimum Gasteiger partial charge on any atom is -0.488 e. The van der Waals surface area contributed by atoms with Gasteiger partial charge >= 0.3 is 17.6 Å². The van der Waals surface area contributed by atoms with E-state index < -0.39 is 17.8 Å². The third kappa shape index (κ3) is 2.47. The summed E-state index contributed by atoms with van der Waals surface area (Å²) < 4.78 is 10.4. The van der Waals surface area contributed by atoms with E-state index in [0.29, 0.717) is 11.3 Å². The Morgan fingerprint density at radius 2 is 1.73 bits per heavy atom. The van der Waals surface area contributed by atoms with Crippen molar-refractivity contribution in [2.75, 3.05) is 14.2 Å². The lowest BCUT2D eigenvalue weighted by Crippen LogP contribution is -2.02. The van der Waals surface area contributed by atoms with Gasteiger partial charge < -0.3 is 14.6 Å². The maximum absolute atomic E-state index is 11.6. The zero-order chi connectivity index (χ0) is 16.3. The number of methoxy groups -OCH3 is 2. The molecule has 0 spiro atoms. The zero-order valence-electron chi connectivity index (χ0n) is 11.8. The highest BCUT2D eigenvalue weighted by atomic mass is 16.5. The molecule has 0 unspecified atom stereocenters. The highest BCUT2D eigenvalue weighted by molar-refractivity contribution is 5.97. The summed E-state index contributed by atoms with van der Waals surface area (Å²) in [5.74, 6) is -1.69. The Bertz CT molecular complexity index is 771. The predicted octanol–water partition coefficient (Wildman–Crippen LogP) is 2.24. The van der Waals surface area contributed by atoms with Gasteiger partial charge in [0.2, 0.25) is 5.39 Å². The van der Waals surface area contributed by atoms with Crippen molar-refractivity contribution in [3.63, 3.8) is 0 Å². The summed E-state index contributed by atoms with van der Waals surface area (Å²) in [4.78, 5) is 25.9. The van der Waals surface area contributed by atoms with E-state index in [4.69, 9.17) is 5.39 Å². The van der Waals surface area contributed by atoms with Crippen molar-refractivity contribution in [2.24, 2.45) is 0 Å². The number of carbonyl (C=O) groups excluding carboxylic acids is 2. The second-order valence-electron chi connectivity index (χ2n) is 4.22. The lowest BCUT2D eigenvalue weighted by molar-refractivity contribution is 0.0592. The number of aromatic nitrogens is 1. The molecule has 0 aliphatic heterocycles. The molecule has 112 valence electrons. The van der Waals surface area contributed by atoms with Crippen LogP contribution in [0.3, 0.4) is 0 Å². The predicted molar refractivity (Wildman–Crippen MR) is 74.9 cm³/mol. The van der Waals surface area contributed by atoms with Gasteiger partial charge in [0.1, 0.15) is 0 Å². The first-order valence-corrected chi connectivity index (χ1v) is 6.10. The molecule has 22 heavy (non-hydrogen) atoms. The van der Waals surface area contributed by atoms with E-state index in [9.17, 15) is 14.7 Å². The van der Waals surface area contributed by atoms with Crippen molar-refractivity contribution in [2.45, 2.75) is 0 Å². The summed E-state index contributed by atoms with van der Waals surface area (Å²) in [5.41, 5.74) is 0.381. The van der Waals surface area contributed by atoms with E-state index in [1.54, 1.807) is 0 Å². The van der Waals surface area contributed by atoms with Crippen LogP contribution in [0.1, 0.15) is 20.7 Å². The van der Waals surface area contributed by atoms with E-state index in [0.717, 1.165) is 0 Å². The Labute approximate surface area is 125 Å². The monoisotopic (exact) mass is 302 g/mol. The Balaban J connectivity index is 2.50. The largest absolute Gasteiger partial charge is 0.488 e. The molecule has 0 aliphatic carbocycles. The Kier molecular flexibility index (Phi) is 4.08. The Morgan fingerprint density at radius 3 is 2.23 bits per heavy atom. The molecule has 0 aliphatic rings. The zero-order valence-corrected chi connectivity index (χ0v) is 11.8.